The molecule has 0 N–H and O–H groups in total. The van der Waals surface area contributed by atoms with Crippen molar-refractivity contribution in [2.24, 2.45) is 5.92 Å². The minimum absolute atomic E-state index is 0.199. The summed E-state index contributed by atoms with van der Waals surface area (Å²) in [6.45, 7) is 4.81. The van der Waals surface area contributed by atoms with Gasteiger partial charge < -0.3 is 9.42 Å². The Morgan fingerprint density at radius 1 is 1.04 bits per heavy atom. The Hall–Kier alpha value is -3.02. The molecule has 0 aliphatic rings. The van der Waals surface area contributed by atoms with Gasteiger partial charge in [0.1, 0.15) is 17.3 Å². The van der Waals surface area contributed by atoms with E-state index in [0.717, 1.165) is 0 Å². The summed E-state index contributed by atoms with van der Waals surface area (Å²) in [6.07, 6.45) is 0. The molecule has 1 heterocycles. The van der Waals surface area contributed by atoms with Crippen LogP contribution in [-0.4, -0.2) is 22.5 Å². The first-order valence-corrected chi connectivity index (χ1v) is 8.69. The van der Waals surface area contributed by atoms with Gasteiger partial charge >= 0.3 is 0 Å². The highest BCUT2D eigenvalue weighted by Crippen LogP contribution is 2.22. The SMILES string of the molecule is CC(C)CN(Cc1cc(-c2ccc(F)cc2)on1)C(=O)c1ccc(F)cc1. The van der Waals surface area contributed by atoms with E-state index >= 15 is 0 Å². The quantitative estimate of drug-likeness (QED) is 0.619. The first kappa shape index (κ1) is 18.8. The predicted molar refractivity (Wildman–Crippen MR) is 97.9 cm³/mol. The number of carbonyl (C=O) groups excluding carboxylic acids is 1. The van der Waals surface area contributed by atoms with E-state index in [4.69, 9.17) is 4.52 Å². The van der Waals surface area contributed by atoms with Gasteiger partial charge in [-0.2, -0.15) is 0 Å². The summed E-state index contributed by atoms with van der Waals surface area (Å²) >= 11 is 0. The van der Waals surface area contributed by atoms with Crippen molar-refractivity contribution in [3.8, 4) is 11.3 Å². The number of rotatable bonds is 6. The van der Waals surface area contributed by atoms with Crippen LogP contribution < -0.4 is 0 Å². The van der Waals surface area contributed by atoms with Crippen molar-refractivity contribution < 1.29 is 18.1 Å². The highest BCUT2D eigenvalue weighted by molar-refractivity contribution is 5.94. The molecule has 0 fully saturated rings. The molecule has 4 nitrogen and oxygen atoms in total. The molecule has 0 aliphatic heterocycles. The van der Waals surface area contributed by atoms with Gasteiger partial charge in [0.25, 0.3) is 5.91 Å². The fourth-order valence-electron chi connectivity index (χ4n) is 2.77. The normalized spacial score (nSPS) is 11.0. The third kappa shape index (κ3) is 4.78. The summed E-state index contributed by atoms with van der Waals surface area (Å²) in [7, 11) is 0. The summed E-state index contributed by atoms with van der Waals surface area (Å²) in [6, 6.07) is 13.1. The molecular formula is C21H20F2N2O2. The van der Waals surface area contributed by atoms with Crippen molar-refractivity contribution in [3.05, 3.63) is 77.5 Å². The lowest BCUT2D eigenvalue weighted by Crippen LogP contribution is -2.33. The lowest BCUT2D eigenvalue weighted by atomic mass is 10.1. The van der Waals surface area contributed by atoms with Gasteiger partial charge in [-0.05, 0) is 54.4 Å². The molecule has 0 radical (unpaired) electrons. The fraction of sp³-hybridized carbons (Fsp3) is 0.238. The van der Waals surface area contributed by atoms with Gasteiger partial charge in [-0.25, -0.2) is 8.78 Å². The van der Waals surface area contributed by atoms with Crippen LogP contribution >= 0.6 is 0 Å². The average Bonchev–Trinajstić information content (AvgIpc) is 3.10. The van der Waals surface area contributed by atoms with E-state index in [1.165, 1.54) is 36.4 Å². The van der Waals surface area contributed by atoms with Crippen LogP contribution in [0.4, 0.5) is 8.78 Å². The Labute approximate surface area is 156 Å². The zero-order valence-electron chi connectivity index (χ0n) is 15.2. The van der Waals surface area contributed by atoms with Gasteiger partial charge in [0.05, 0.1) is 6.54 Å². The van der Waals surface area contributed by atoms with Crippen LogP contribution in [0.5, 0.6) is 0 Å². The van der Waals surface area contributed by atoms with Crippen LogP contribution in [0.3, 0.4) is 0 Å². The molecule has 0 saturated heterocycles. The standard InChI is InChI=1S/C21H20F2N2O2/c1-14(2)12-25(21(26)16-5-9-18(23)10-6-16)13-19-11-20(27-24-19)15-3-7-17(22)8-4-15/h3-11,14H,12-13H2,1-2H3. The Kier molecular flexibility index (Phi) is 5.64. The number of benzene rings is 2. The van der Waals surface area contributed by atoms with Crippen molar-refractivity contribution in [3.63, 3.8) is 0 Å². The zero-order valence-corrected chi connectivity index (χ0v) is 15.2. The number of carbonyl (C=O) groups is 1. The lowest BCUT2D eigenvalue weighted by Gasteiger charge is -2.23. The summed E-state index contributed by atoms with van der Waals surface area (Å²) in [5.74, 6) is -0.162. The molecule has 0 atom stereocenters. The van der Waals surface area contributed by atoms with E-state index in [-0.39, 0.29) is 30.0 Å². The topological polar surface area (TPSA) is 46.3 Å². The molecule has 0 bridgehead atoms. The van der Waals surface area contributed by atoms with Crippen LogP contribution in [0, 0.1) is 17.6 Å². The smallest absolute Gasteiger partial charge is 0.254 e. The highest BCUT2D eigenvalue weighted by Gasteiger charge is 2.19. The maximum atomic E-state index is 13.1. The van der Waals surface area contributed by atoms with Crippen LogP contribution in [0.25, 0.3) is 11.3 Å². The molecule has 0 unspecified atom stereocenters. The van der Waals surface area contributed by atoms with Gasteiger partial charge in [-0.1, -0.05) is 19.0 Å². The van der Waals surface area contributed by atoms with Crippen molar-refractivity contribution in [1.29, 1.82) is 0 Å². The molecule has 3 rings (SSSR count). The summed E-state index contributed by atoms with van der Waals surface area (Å²) in [5, 5.41) is 4.03. The number of hydrogen-bond donors (Lipinski definition) is 0. The van der Waals surface area contributed by atoms with E-state index in [1.54, 1.807) is 23.1 Å². The Bertz CT molecular complexity index is 903. The molecule has 0 spiro atoms. The molecule has 0 saturated carbocycles. The Balaban J connectivity index is 1.79. The zero-order chi connectivity index (χ0) is 19.4. The van der Waals surface area contributed by atoms with E-state index in [0.29, 0.717) is 29.1 Å². The van der Waals surface area contributed by atoms with Crippen LogP contribution in [0.1, 0.15) is 29.9 Å². The summed E-state index contributed by atoms with van der Waals surface area (Å²) in [4.78, 5) is 14.5. The molecule has 27 heavy (non-hydrogen) atoms. The number of aromatic nitrogens is 1. The van der Waals surface area contributed by atoms with E-state index < -0.39 is 0 Å². The first-order valence-electron chi connectivity index (χ1n) is 8.69. The van der Waals surface area contributed by atoms with Gasteiger partial charge in [0, 0.05) is 23.7 Å². The first-order chi connectivity index (χ1) is 12.9. The van der Waals surface area contributed by atoms with Crippen molar-refractivity contribution in [2.75, 3.05) is 6.54 Å². The minimum Gasteiger partial charge on any atom is -0.356 e. The second-order valence-corrected chi connectivity index (χ2v) is 6.78. The number of hydrogen-bond acceptors (Lipinski definition) is 3. The lowest BCUT2D eigenvalue weighted by molar-refractivity contribution is 0.0718. The molecule has 0 aliphatic carbocycles. The van der Waals surface area contributed by atoms with Crippen molar-refractivity contribution in [2.45, 2.75) is 20.4 Å². The average molecular weight is 370 g/mol. The van der Waals surface area contributed by atoms with E-state index in [2.05, 4.69) is 5.16 Å². The largest absolute Gasteiger partial charge is 0.356 e. The summed E-state index contributed by atoms with van der Waals surface area (Å²) in [5.41, 5.74) is 1.71. The third-order valence-corrected chi connectivity index (χ3v) is 4.00. The molecule has 1 amide bonds. The second kappa shape index (κ2) is 8.12. The number of halogens is 2. The Morgan fingerprint density at radius 2 is 1.63 bits per heavy atom. The van der Waals surface area contributed by atoms with Gasteiger partial charge in [0.2, 0.25) is 0 Å². The van der Waals surface area contributed by atoms with Crippen molar-refractivity contribution in [1.82, 2.24) is 10.1 Å². The van der Waals surface area contributed by atoms with E-state index in [1.807, 2.05) is 13.8 Å². The maximum Gasteiger partial charge on any atom is 0.254 e. The fourth-order valence-corrected chi connectivity index (χ4v) is 2.77. The molecule has 140 valence electrons. The van der Waals surface area contributed by atoms with Crippen molar-refractivity contribution >= 4 is 5.91 Å². The highest BCUT2D eigenvalue weighted by atomic mass is 19.1. The van der Waals surface area contributed by atoms with E-state index in [9.17, 15) is 13.6 Å². The van der Waals surface area contributed by atoms with Crippen LogP contribution in [0.15, 0.2) is 59.1 Å². The minimum atomic E-state index is -0.387. The van der Waals surface area contributed by atoms with Gasteiger partial charge in [-0.15, -0.1) is 0 Å². The predicted octanol–water partition coefficient (Wildman–Crippen LogP) is 4.92. The number of amides is 1. The molecular weight excluding hydrogens is 350 g/mol. The molecule has 3 aromatic rings. The van der Waals surface area contributed by atoms with Gasteiger partial charge in [-0.3, -0.25) is 4.79 Å². The molecule has 1 aromatic heterocycles. The number of nitrogens with zero attached hydrogens (tertiary/aromatic N) is 2. The third-order valence-electron chi connectivity index (χ3n) is 4.00. The van der Waals surface area contributed by atoms with Crippen LogP contribution in [-0.2, 0) is 6.54 Å². The van der Waals surface area contributed by atoms with Crippen LogP contribution in [0.2, 0.25) is 0 Å². The summed E-state index contributed by atoms with van der Waals surface area (Å²) < 4.78 is 31.5. The monoisotopic (exact) mass is 370 g/mol. The molecule has 2 aromatic carbocycles. The molecule has 6 heteroatoms. The van der Waals surface area contributed by atoms with Gasteiger partial charge in [0.15, 0.2) is 5.76 Å². The second-order valence-electron chi connectivity index (χ2n) is 6.78. The maximum absolute atomic E-state index is 13.1. The Morgan fingerprint density at radius 3 is 2.22 bits per heavy atom.